The smallest absolute Gasteiger partial charge is 0.417 e. The second kappa shape index (κ2) is 26.7. The van der Waals surface area contributed by atoms with E-state index < -0.39 is 18.1 Å². The minimum Gasteiger partial charge on any atom is -1.00 e. The van der Waals surface area contributed by atoms with Crippen LogP contribution in [0.5, 0.6) is 0 Å². The van der Waals surface area contributed by atoms with Crippen LogP contribution in [-0.4, -0.2) is 64.1 Å². The lowest BCUT2D eigenvalue weighted by Gasteiger charge is -2.32. The summed E-state index contributed by atoms with van der Waals surface area (Å²) in [5, 5.41) is -0.539. The van der Waals surface area contributed by atoms with Crippen LogP contribution in [0.1, 0.15) is 143 Å². The number of aromatic nitrogens is 1. The van der Waals surface area contributed by atoms with Crippen LogP contribution in [-0.2, 0) is 32.2 Å². The number of aryl methyl sites for hydroxylation is 1. The molecule has 1 aromatic rings. The topological polar surface area (TPSA) is 97.1 Å². The minimum absolute atomic E-state index is 0. The fraction of sp³-hybridized carbons (Fsp3) is 0.757. The van der Waals surface area contributed by atoms with E-state index in [1.807, 2.05) is 35.9 Å². The van der Waals surface area contributed by atoms with Gasteiger partial charge in [0.1, 0.15) is 25.8 Å². The summed E-state index contributed by atoms with van der Waals surface area (Å²) in [7, 11) is 0. The quantitative estimate of drug-likeness (QED) is 0.114. The lowest BCUT2D eigenvalue weighted by molar-refractivity contribution is -0.701. The maximum Gasteiger partial charge on any atom is 0.417 e. The molecule has 0 aromatic carbocycles. The third-order valence-electron chi connectivity index (χ3n) is 8.88. The van der Waals surface area contributed by atoms with Crippen LogP contribution in [0.3, 0.4) is 0 Å². The van der Waals surface area contributed by atoms with Gasteiger partial charge in [0.25, 0.3) is 5.24 Å². The minimum atomic E-state index is -0.744. The molecular weight excluding hydrogens is 650 g/mol. The van der Waals surface area contributed by atoms with E-state index in [0.29, 0.717) is 26.1 Å². The van der Waals surface area contributed by atoms with Crippen molar-refractivity contribution >= 4 is 34.9 Å². The Hall–Kier alpha value is -2.17. The van der Waals surface area contributed by atoms with Crippen molar-refractivity contribution in [2.24, 2.45) is 0 Å². The highest BCUT2D eigenvalue weighted by atomic mass is 35.5. The number of rotatable bonds is 22. The number of hydrogen-bond acceptors (Lipinski definition) is 7. The van der Waals surface area contributed by atoms with Crippen molar-refractivity contribution < 1.29 is 45.6 Å². The number of nitrogens with zero attached hydrogens (tertiary/aromatic N) is 3. The number of imide groups is 2. The molecule has 0 bridgehead atoms. The number of pyridine rings is 1. The molecule has 2 unspecified atom stereocenters. The van der Waals surface area contributed by atoms with Crippen LogP contribution in [0.2, 0.25) is 0 Å². The van der Waals surface area contributed by atoms with Crippen LogP contribution in [0.4, 0.5) is 9.59 Å². The van der Waals surface area contributed by atoms with Gasteiger partial charge in [0.15, 0.2) is 6.20 Å². The zero-order chi connectivity index (χ0) is 34.3. The average molecular weight is 712 g/mol. The molecule has 0 N–H and O–H groups in total. The number of thioether (sulfide) groups is 1. The molecule has 11 heteroatoms. The zero-order valence-corrected chi connectivity index (χ0v) is 31.7. The molecule has 2 heterocycles. The summed E-state index contributed by atoms with van der Waals surface area (Å²) < 4.78 is 13.4. The summed E-state index contributed by atoms with van der Waals surface area (Å²) in [6, 6.07) is 5.64. The fourth-order valence-corrected chi connectivity index (χ4v) is 7.18. The highest BCUT2D eigenvalue weighted by molar-refractivity contribution is 8.14. The number of unbranched alkanes of at least 4 members (excludes halogenated alkanes) is 14. The van der Waals surface area contributed by atoms with Gasteiger partial charge < -0.3 is 21.9 Å². The average Bonchev–Trinajstić information content (AvgIpc) is 3.06. The van der Waals surface area contributed by atoms with Gasteiger partial charge >= 0.3 is 6.09 Å². The predicted octanol–water partition coefficient (Wildman–Crippen LogP) is 5.60. The van der Waals surface area contributed by atoms with Gasteiger partial charge in [-0.1, -0.05) is 115 Å². The van der Waals surface area contributed by atoms with Crippen molar-refractivity contribution in [1.82, 2.24) is 9.80 Å². The first-order chi connectivity index (χ1) is 22.8. The maximum absolute atomic E-state index is 13.2. The zero-order valence-electron chi connectivity index (χ0n) is 30.1. The van der Waals surface area contributed by atoms with Gasteiger partial charge in [-0.2, -0.15) is 0 Å². The molecule has 9 nitrogen and oxygen atoms in total. The second-order valence-corrected chi connectivity index (χ2v) is 13.9. The Kier molecular flexibility index (Phi) is 24.4. The Morgan fingerprint density at radius 1 is 0.833 bits per heavy atom. The Morgan fingerprint density at radius 3 is 1.94 bits per heavy atom. The van der Waals surface area contributed by atoms with Crippen molar-refractivity contribution in [2.75, 3.05) is 19.8 Å². The normalized spacial score (nSPS) is 15.8. The SMILES string of the molecule is CCCCCCCCCCCCCCCCCN(C(C)=O)C(=O)SC1CCCOC1COC(=O)N(Cc1cccc[n+]1CC)C(C)=O.[Cl-]. The van der Waals surface area contributed by atoms with Crippen LogP contribution in [0.15, 0.2) is 24.4 Å². The molecule has 0 spiro atoms. The first-order valence-corrected chi connectivity index (χ1v) is 19.2. The largest absolute Gasteiger partial charge is 1.00 e. The number of halogens is 1. The van der Waals surface area contributed by atoms with Crippen molar-refractivity contribution in [3.8, 4) is 0 Å². The number of ether oxygens (including phenoxy) is 2. The lowest BCUT2D eigenvalue weighted by atomic mass is 10.0. The number of carbonyl (C=O) groups is 4. The second-order valence-electron chi connectivity index (χ2n) is 12.8. The first-order valence-electron chi connectivity index (χ1n) is 18.3. The number of hydrogen-bond donors (Lipinski definition) is 0. The van der Waals surface area contributed by atoms with Gasteiger partial charge in [-0.25, -0.2) is 14.3 Å². The molecule has 1 fully saturated rings. The number of amides is 4. The highest BCUT2D eigenvalue weighted by Gasteiger charge is 2.33. The van der Waals surface area contributed by atoms with E-state index in [1.165, 1.54) is 95.8 Å². The van der Waals surface area contributed by atoms with Gasteiger partial charge in [-0.05, 0) is 26.2 Å². The summed E-state index contributed by atoms with van der Waals surface area (Å²) in [6.07, 6.45) is 21.1. The van der Waals surface area contributed by atoms with Crippen molar-refractivity contribution in [2.45, 2.75) is 161 Å². The van der Waals surface area contributed by atoms with Gasteiger partial charge in [-0.15, -0.1) is 0 Å². The van der Waals surface area contributed by atoms with Crippen LogP contribution in [0, 0.1) is 0 Å². The first kappa shape index (κ1) is 43.9. The highest BCUT2D eigenvalue weighted by Crippen LogP contribution is 2.29. The molecule has 0 saturated carbocycles. The van der Waals surface area contributed by atoms with E-state index in [-0.39, 0.29) is 42.0 Å². The molecule has 0 aliphatic carbocycles. The Bertz CT molecular complexity index is 1080. The van der Waals surface area contributed by atoms with Crippen LogP contribution < -0.4 is 17.0 Å². The van der Waals surface area contributed by atoms with Crippen LogP contribution >= 0.6 is 11.8 Å². The van der Waals surface area contributed by atoms with Gasteiger partial charge in [0.2, 0.25) is 17.5 Å². The molecule has 1 saturated heterocycles. The molecule has 1 aromatic heterocycles. The van der Waals surface area contributed by atoms with E-state index in [2.05, 4.69) is 6.92 Å². The monoisotopic (exact) mass is 711 g/mol. The summed E-state index contributed by atoms with van der Waals surface area (Å²) in [6.45, 7) is 8.67. The van der Waals surface area contributed by atoms with E-state index in [1.54, 1.807) is 0 Å². The third-order valence-corrected chi connectivity index (χ3v) is 10.1. The van der Waals surface area contributed by atoms with Gasteiger partial charge in [0.05, 0.1) is 0 Å². The van der Waals surface area contributed by atoms with E-state index in [9.17, 15) is 19.2 Å². The molecule has 0 radical (unpaired) electrons. The maximum atomic E-state index is 13.2. The van der Waals surface area contributed by atoms with Crippen molar-refractivity contribution in [3.63, 3.8) is 0 Å². The molecule has 1 aliphatic rings. The molecule has 274 valence electrons. The molecule has 2 atom stereocenters. The predicted molar refractivity (Wildman–Crippen MR) is 188 cm³/mol. The molecule has 1 aliphatic heterocycles. The van der Waals surface area contributed by atoms with Gasteiger partial charge in [-0.3, -0.25) is 19.3 Å². The fourth-order valence-electron chi connectivity index (χ4n) is 5.98. The summed E-state index contributed by atoms with van der Waals surface area (Å²) >= 11 is 1.09. The van der Waals surface area contributed by atoms with Crippen molar-refractivity contribution in [1.29, 1.82) is 0 Å². The third kappa shape index (κ3) is 17.5. The van der Waals surface area contributed by atoms with Gasteiger partial charge in [0, 0.05) is 44.4 Å². The summed E-state index contributed by atoms with van der Waals surface area (Å²) in [4.78, 5) is 53.3. The van der Waals surface area contributed by atoms with Crippen LogP contribution in [0.25, 0.3) is 0 Å². The molecule has 4 amide bonds. The van der Waals surface area contributed by atoms with E-state index in [4.69, 9.17) is 9.47 Å². The number of carbonyl (C=O) groups excluding carboxylic acids is 4. The van der Waals surface area contributed by atoms with Crippen molar-refractivity contribution in [3.05, 3.63) is 30.1 Å². The Morgan fingerprint density at radius 2 is 1.40 bits per heavy atom. The Labute approximate surface area is 300 Å². The molecule has 48 heavy (non-hydrogen) atoms. The molecular formula is C37H62ClN3O6S. The van der Waals surface area contributed by atoms with E-state index in [0.717, 1.165) is 48.0 Å². The standard InChI is InChI=1S/C37H62N3O6S.ClH/c1-5-7-8-9-10-11-12-13-14-15-16-17-18-19-21-27-39(31(3)41)37(44)47-35-25-23-28-45-34(35)30-46-36(43)40(32(4)42)29-33-24-20-22-26-38(33)6-2;/h20,22,24,26,34-35H,5-19,21,23,25,27-30H2,1-4H3;1H/q+1;/p-1. The summed E-state index contributed by atoms with van der Waals surface area (Å²) in [5.74, 6) is -0.669. The Balaban J connectivity index is 0.0000115. The summed E-state index contributed by atoms with van der Waals surface area (Å²) in [5.41, 5.74) is 0.813. The lowest BCUT2D eigenvalue weighted by Crippen LogP contribution is -3.00. The molecule has 2 rings (SSSR count). The van der Waals surface area contributed by atoms with E-state index >= 15 is 0 Å².